The molecule has 0 radical (unpaired) electrons. The molecule has 0 aromatic rings. The summed E-state index contributed by atoms with van der Waals surface area (Å²) in [5.41, 5.74) is 0. The maximum atomic E-state index is 12.9. The minimum Gasteiger partial charge on any atom is -0.756 e. The molecule has 606 valence electrons. The lowest BCUT2D eigenvalue weighted by Crippen LogP contribution is -2.37. The summed E-state index contributed by atoms with van der Waals surface area (Å²) in [6, 6.07) is 0. The van der Waals surface area contributed by atoms with Crippen molar-refractivity contribution in [2.24, 2.45) is 0 Å². The standard InChI is InChI=1S/C94H172NO8P/c1-6-8-10-12-14-16-18-20-22-24-26-28-30-32-34-36-38-40-42-44-46-47-49-51-53-55-57-59-61-63-65-67-69-71-73-75-77-79-81-83-85-87-94(97)103-92(91-102-104(98,99)101-89-88-95(3,4)5)90-100-93(96)86-84-82-80-78-76-74-72-70-68-66-64-62-60-58-56-54-52-50-48-45-43-41-39-37-35-33-31-29-27-25-23-21-19-17-15-13-11-9-7-2/h8,10,14,16,19-22,25-28,32,34,38,40,92H,6-7,9,11-13,15,17-18,23-24,29-31,33,35-37,39,41-91H2,1-5H3/b10-8-,16-14-,21-19-,22-20-,27-25-,28-26-,34-32-,40-38-. The van der Waals surface area contributed by atoms with Crippen molar-refractivity contribution in [2.45, 2.75) is 444 Å². The first kappa shape index (κ1) is 101. The summed E-state index contributed by atoms with van der Waals surface area (Å²) in [7, 11) is 1.19. The van der Waals surface area contributed by atoms with E-state index in [0.717, 1.165) is 77.0 Å². The summed E-state index contributed by atoms with van der Waals surface area (Å²) < 4.78 is 34.5. The molecule has 0 fully saturated rings. The van der Waals surface area contributed by atoms with Gasteiger partial charge >= 0.3 is 11.9 Å². The van der Waals surface area contributed by atoms with Gasteiger partial charge in [-0.2, -0.15) is 0 Å². The van der Waals surface area contributed by atoms with Crippen LogP contribution in [0.25, 0.3) is 0 Å². The fraction of sp³-hybridized carbons (Fsp3) is 0.809. The van der Waals surface area contributed by atoms with Crippen LogP contribution in [0.3, 0.4) is 0 Å². The highest BCUT2D eigenvalue weighted by Crippen LogP contribution is 2.38. The third-order valence-corrected chi connectivity index (χ3v) is 21.1. The van der Waals surface area contributed by atoms with E-state index in [9.17, 15) is 19.0 Å². The molecule has 0 saturated heterocycles. The lowest BCUT2D eigenvalue weighted by atomic mass is 10.0. The number of unbranched alkanes of at least 4 members (excludes halogenated alkanes) is 54. The van der Waals surface area contributed by atoms with E-state index in [1.54, 1.807) is 0 Å². The highest BCUT2D eigenvalue weighted by molar-refractivity contribution is 7.45. The van der Waals surface area contributed by atoms with Crippen molar-refractivity contribution in [2.75, 3.05) is 47.5 Å². The topological polar surface area (TPSA) is 111 Å². The number of hydrogen-bond donors (Lipinski definition) is 0. The lowest BCUT2D eigenvalue weighted by Gasteiger charge is -2.28. The van der Waals surface area contributed by atoms with Crippen molar-refractivity contribution in [1.82, 2.24) is 0 Å². The quantitative estimate of drug-likeness (QED) is 0.0195. The Morgan fingerprint density at radius 1 is 0.308 bits per heavy atom. The average Bonchev–Trinajstić information content (AvgIpc) is 0.920. The smallest absolute Gasteiger partial charge is 0.306 e. The monoisotopic (exact) mass is 1470 g/mol. The van der Waals surface area contributed by atoms with Crippen LogP contribution in [0.15, 0.2) is 97.2 Å². The van der Waals surface area contributed by atoms with Crippen molar-refractivity contribution < 1.29 is 42.1 Å². The van der Waals surface area contributed by atoms with Crippen LogP contribution in [0.1, 0.15) is 438 Å². The van der Waals surface area contributed by atoms with E-state index in [4.69, 9.17) is 18.5 Å². The maximum absolute atomic E-state index is 12.9. The zero-order valence-corrected chi connectivity index (χ0v) is 70.4. The minimum atomic E-state index is -4.65. The molecule has 0 heterocycles. The van der Waals surface area contributed by atoms with E-state index in [-0.39, 0.29) is 32.0 Å². The number of likely N-dealkylation sites (N-methyl/N-ethyl adjacent to an activating group) is 1. The van der Waals surface area contributed by atoms with E-state index in [1.807, 2.05) is 21.1 Å². The van der Waals surface area contributed by atoms with Crippen molar-refractivity contribution in [3.63, 3.8) is 0 Å². The number of phosphoric ester groups is 1. The van der Waals surface area contributed by atoms with E-state index in [1.165, 1.54) is 327 Å². The summed E-state index contributed by atoms with van der Waals surface area (Å²) in [5.74, 6) is -0.810. The Morgan fingerprint density at radius 3 is 0.817 bits per heavy atom. The van der Waals surface area contributed by atoms with Gasteiger partial charge in [-0.25, -0.2) is 0 Å². The number of hydrogen-bond acceptors (Lipinski definition) is 8. The molecule has 0 aliphatic rings. The Hall–Kier alpha value is -3.07. The van der Waals surface area contributed by atoms with Gasteiger partial charge in [0.2, 0.25) is 0 Å². The number of allylic oxidation sites excluding steroid dienone is 16. The molecule has 104 heavy (non-hydrogen) atoms. The molecule has 0 rings (SSSR count). The second kappa shape index (κ2) is 84.0. The largest absolute Gasteiger partial charge is 0.756 e. The van der Waals surface area contributed by atoms with Gasteiger partial charge < -0.3 is 27.9 Å². The first-order chi connectivity index (χ1) is 51.0. The molecule has 0 aliphatic heterocycles. The number of esters is 2. The second-order valence-corrected chi connectivity index (χ2v) is 33.0. The van der Waals surface area contributed by atoms with Crippen molar-refractivity contribution in [1.29, 1.82) is 0 Å². The fourth-order valence-corrected chi connectivity index (χ4v) is 14.0. The first-order valence-electron chi connectivity index (χ1n) is 44.9. The molecule has 0 N–H and O–H groups in total. The fourth-order valence-electron chi connectivity index (χ4n) is 13.3. The molecule has 2 unspecified atom stereocenters. The van der Waals surface area contributed by atoms with Gasteiger partial charge in [0.1, 0.15) is 19.8 Å². The van der Waals surface area contributed by atoms with Gasteiger partial charge in [-0.05, 0) is 96.3 Å². The summed E-state index contributed by atoms with van der Waals surface area (Å²) in [4.78, 5) is 38.3. The van der Waals surface area contributed by atoms with Gasteiger partial charge in [0, 0.05) is 12.8 Å². The van der Waals surface area contributed by atoms with Crippen LogP contribution < -0.4 is 4.89 Å². The molecule has 0 saturated carbocycles. The van der Waals surface area contributed by atoms with Crippen LogP contribution >= 0.6 is 7.82 Å². The van der Waals surface area contributed by atoms with Crippen LogP contribution in [0.2, 0.25) is 0 Å². The summed E-state index contributed by atoms with van der Waals surface area (Å²) in [6.07, 6.45) is 119. The highest BCUT2D eigenvalue weighted by atomic mass is 31.2. The van der Waals surface area contributed by atoms with Gasteiger partial charge in [0.25, 0.3) is 7.82 Å². The van der Waals surface area contributed by atoms with E-state index < -0.39 is 26.5 Å². The molecule has 2 atom stereocenters. The van der Waals surface area contributed by atoms with Crippen LogP contribution in [0.5, 0.6) is 0 Å². The van der Waals surface area contributed by atoms with Gasteiger partial charge in [-0.15, -0.1) is 0 Å². The Balaban J connectivity index is 3.86. The normalized spacial score (nSPS) is 13.4. The third-order valence-electron chi connectivity index (χ3n) is 20.1. The lowest BCUT2D eigenvalue weighted by molar-refractivity contribution is -0.870. The third kappa shape index (κ3) is 87.8. The summed E-state index contributed by atoms with van der Waals surface area (Å²) in [5, 5.41) is 0. The van der Waals surface area contributed by atoms with Gasteiger partial charge in [0.15, 0.2) is 6.10 Å². The van der Waals surface area contributed by atoms with Crippen LogP contribution in [-0.4, -0.2) is 70.0 Å². The number of carbonyl (C=O) groups is 2. The van der Waals surface area contributed by atoms with E-state index in [2.05, 4.69) is 111 Å². The van der Waals surface area contributed by atoms with Crippen molar-refractivity contribution in [3.8, 4) is 0 Å². The predicted octanol–water partition coefficient (Wildman–Crippen LogP) is 29.9. The number of quaternary nitrogens is 1. The van der Waals surface area contributed by atoms with Gasteiger partial charge in [-0.3, -0.25) is 14.2 Å². The molecule has 0 aromatic heterocycles. The van der Waals surface area contributed by atoms with E-state index in [0.29, 0.717) is 17.4 Å². The van der Waals surface area contributed by atoms with E-state index >= 15 is 0 Å². The number of ether oxygens (including phenoxy) is 2. The average molecular weight is 1480 g/mol. The molecular formula is C94H172NO8P. The van der Waals surface area contributed by atoms with Crippen LogP contribution in [0.4, 0.5) is 0 Å². The van der Waals surface area contributed by atoms with Gasteiger partial charge in [0.05, 0.1) is 27.7 Å². The summed E-state index contributed by atoms with van der Waals surface area (Å²) in [6.45, 7) is 4.18. The molecule has 10 heteroatoms. The number of rotatable bonds is 84. The Bertz CT molecular complexity index is 2080. The molecule has 0 amide bonds. The Labute approximate surface area is 646 Å². The molecular weight excluding hydrogens is 1300 g/mol. The summed E-state index contributed by atoms with van der Waals surface area (Å²) >= 11 is 0. The Morgan fingerprint density at radius 2 is 0.548 bits per heavy atom. The molecule has 0 aromatic carbocycles. The predicted molar refractivity (Wildman–Crippen MR) is 452 cm³/mol. The van der Waals surface area contributed by atoms with Gasteiger partial charge in [-0.1, -0.05) is 426 Å². The molecule has 0 bridgehead atoms. The highest BCUT2D eigenvalue weighted by Gasteiger charge is 2.22. The number of carbonyl (C=O) groups excluding carboxylic acids is 2. The van der Waals surface area contributed by atoms with Crippen molar-refractivity contribution in [3.05, 3.63) is 97.2 Å². The minimum absolute atomic E-state index is 0.0294. The Kier molecular flexibility index (Phi) is 81.5. The zero-order valence-electron chi connectivity index (χ0n) is 69.5. The first-order valence-corrected chi connectivity index (χ1v) is 46.4. The molecule has 0 aliphatic carbocycles. The zero-order chi connectivity index (χ0) is 75.4. The maximum Gasteiger partial charge on any atom is 0.306 e. The van der Waals surface area contributed by atoms with Crippen molar-refractivity contribution >= 4 is 19.8 Å². The van der Waals surface area contributed by atoms with Crippen LogP contribution in [-0.2, 0) is 32.7 Å². The number of phosphoric acid groups is 1. The van der Waals surface area contributed by atoms with Crippen LogP contribution in [0, 0.1) is 0 Å². The molecule has 9 nitrogen and oxygen atoms in total. The number of nitrogens with zero attached hydrogens (tertiary/aromatic N) is 1. The second-order valence-electron chi connectivity index (χ2n) is 31.6. The molecule has 0 spiro atoms. The SMILES string of the molecule is CC/C=C\C/C=C\C/C=C\C/C=C\C/C=C\C/C=C\CCCCCCCCCCCCCCCCCCCCCCCCC(=O)OC(COC(=O)CCCCCCCCCCCCCCCCCCCCCCCCCCCCC/C=C\C/C=C\CCCCCCC)COP(=O)([O-])OCC[N+](C)(C)C.